The Morgan fingerprint density at radius 3 is 1.91 bits per heavy atom. The number of hydrogen-bond donors (Lipinski definition) is 8. The van der Waals surface area contributed by atoms with Crippen molar-refractivity contribution in [1.29, 1.82) is 0 Å². The van der Waals surface area contributed by atoms with E-state index >= 15 is 0 Å². The summed E-state index contributed by atoms with van der Waals surface area (Å²) >= 11 is 4.04. The van der Waals surface area contributed by atoms with Gasteiger partial charge in [-0.25, -0.2) is 4.79 Å². The van der Waals surface area contributed by atoms with Crippen molar-refractivity contribution in [1.82, 2.24) is 16.0 Å². The molecule has 0 heterocycles. The average molecular weight is 471 g/mol. The Labute approximate surface area is 191 Å². The minimum atomic E-state index is -1.64. The Balaban J connectivity index is 2.79. The lowest BCUT2D eigenvalue weighted by Gasteiger charge is -2.26. The first-order valence-corrected chi connectivity index (χ1v) is 10.5. The number of amides is 3. The highest BCUT2D eigenvalue weighted by atomic mass is 32.1. The molecule has 1 rings (SSSR count). The van der Waals surface area contributed by atoms with Crippen LogP contribution in [0.4, 0.5) is 0 Å². The zero-order valence-corrected chi connectivity index (χ0v) is 18.7. The Bertz CT molecular complexity index is 791. The summed E-state index contributed by atoms with van der Waals surface area (Å²) in [7, 11) is 0. The molecule has 0 bridgehead atoms. The van der Waals surface area contributed by atoms with E-state index in [4.69, 9.17) is 10.8 Å². The van der Waals surface area contributed by atoms with Crippen molar-refractivity contribution in [2.75, 3.05) is 5.75 Å². The van der Waals surface area contributed by atoms with Gasteiger partial charge in [0, 0.05) is 5.75 Å². The van der Waals surface area contributed by atoms with Crippen molar-refractivity contribution in [3.63, 3.8) is 0 Å². The third-order valence-corrected chi connectivity index (χ3v) is 4.92. The molecule has 178 valence electrons. The number of hydrogen-bond acceptors (Lipinski definition) is 8. The number of carbonyl (C=O) groups excluding carboxylic acids is 3. The smallest absolute Gasteiger partial charge is 0.328 e. The van der Waals surface area contributed by atoms with Crippen LogP contribution in [0.5, 0.6) is 0 Å². The molecule has 0 saturated carbocycles. The fraction of sp³-hybridized carbons (Fsp3) is 0.500. The molecule has 0 saturated heterocycles. The van der Waals surface area contributed by atoms with Crippen molar-refractivity contribution in [3.05, 3.63) is 35.9 Å². The fourth-order valence-electron chi connectivity index (χ4n) is 2.72. The number of aliphatic hydroxyl groups excluding tert-OH is 2. The number of carboxylic acid groups (broad SMARTS) is 1. The van der Waals surface area contributed by atoms with Gasteiger partial charge in [-0.05, 0) is 25.8 Å². The molecule has 1 aromatic rings. The van der Waals surface area contributed by atoms with Crippen LogP contribution in [0.3, 0.4) is 0 Å². The second-order valence-electron chi connectivity index (χ2n) is 7.33. The van der Waals surface area contributed by atoms with Gasteiger partial charge in [0.15, 0.2) is 6.04 Å². The molecular formula is C20H30N4O7S. The monoisotopic (exact) mass is 470 g/mol. The van der Waals surface area contributed by atoms with Crippen LogP contribution in [0.25, 0.3) is 0 Å². The third-order valence-electron chi connectivity index (χ3n) is 4.56. The fourth-order valence-corrected chi connectivity index (χ4v) is 2.98. The molecule has 0 aliphatic carbocycles. The van der Waals surface area contributed by atoms with Crippen molar-refractivity contribution < 1.29 is 34.5 Å². The number of aliphatic carboxylic acids is 1. The Morgan fingerprint density at radius 2 is 1.44 bits per heavy atom. The van der Waals surface area contributed by atoms with Gasteiger partial charge >= 0.3 is 5.97 Å². The van der Waals surface area contributed by atoms with Crippen molar-refractivity contribution in [2.24, 2.45) is 5.73 Å². The SMILES string of the molecule is CC(O)C(NC(=O)C(NC(=O)C(CS)NC(=O)C(N)Cc1ccccc1)C(C)O)C(=O)O. The molecule has 0 aromatic heterocycles. The predicted molar refractivity (Wildman–Crippen MR) is 119 cm³/mol. The van der Waals surface area contributed by atoms with Crippen LogP contribution in [-0.2, 0) is 25.6 Å². The lowest BCUT2D eigenvalue weighted by Crippen LogP contribution is -2.61. The maximum Gasteiger partial charge on any atom is 0.328 e. The van der Waals surface area contributed by atoms with Gasteiger partial charge in [-0.1, -0.05) is 30.3 Å². The molecule has 11 nitrogen and oxygen atoms in total. The maximum atomic E-state index is 12.6. The van der Waals surface area contributed by atoms with E-state index in [1.54, 1.807) is 24.3 Å². The van der Waals surface area contributed by atoms with Crippen LogP contribution >= 0.6 is 12.6 Å². The summed E-state index contributed by atoms with van der Waals surface area (Å²) in [5, 5.41) is 35.3. The first kappa shape index (κ1) is 27.4. The molecular weight excluding hydrogens is 440 g/mol. The summed E-state index contributed by atoms with van der Waals surface area (Å²) in [4.78, 5) is 48.6. The normalized spacial score (nSPS) is 16.6. The van der Waals surface area contributed by atoms with Crippen molar-refractivity contribution in [3.8, 4) is 0 Å². The number of carboxylic acids is 1. The lowest BCUT2D eigenvalue weighted by atomic mass is 10.1. The van der Waals surface area contributed by atoms with E-state index in [1.807, 2.05) is 6.07 Å². The lowest BCUT2D eigenvalue weighted by molar-refractivity contribution is -0.146. The van der Waals surface area contributed by atoms with Gasteiger partial charge in [0.1, 0.15) is 12.1 Å². The Hall–Kier alpha value is -2.67. The van der Waals surface area contributed by atoms with Gasteiger partial charge in [-0.15, -0.1) is 0 Å². The second-order valence-corrected chi connectivity index (χ2v) is 7.70. The molecule has 8 N–H and O–H groups in total. The number of thiol groups is 1. The van der Waals surface area contributed by atoms with Gasteiger partial charge in [-0.2, -0.15) is 12.6 Å². The van der Waals surface area contributed by atoms with E-state index in [1.165, 1.54) is 13.8 Å². The highest BCUT2D eigenvalue weighted by Gasteiger charge is 2.33. The standard InChI is InChI=1S/C20H30N4O7S/c1-10(25)15(19(29)24-16(11(2)26)20(30)31)23-18(28)14(9-32)22-17(27)13(21)8-12-6-4-3-5-7-12/h3-7,10-11,13-16,25-26,32H,8-9,21H2,1-2H3,(H,22,27)(H,23,28)(H,24,29)(H,30,31). The molecule has 0 radical (unpaired) electrons. The highest BCUT2D eigenvalue weighted by molar-refractivity contribution is 7.80. The molecule has 6 unspecified atom stereocenters. The maximum absolute atomic E-state index is 12.6. The van der Waals surface area contributed by atoms with Gasteiger partial charge in [0.25, 0.3) is 0 Å². The van der Waals surface area contributed by atoms with E-state index in [0.29, 0.717) is 0 Å². The first-order chi connectivity index (χ1) is 15.0. The molecule has 3 amide bonds. The number of rotatable bonds is 12. The van der Waals surface area contributed by atoms with Crippen LogP contribution in [0.1, 0.15) is 19.4 Å². The molecule has 6 atom stereocenters. The van der Waals surface area contributed by atoms with Crippen LogP contribution in [0.15, 0.2) is 30.3 Å². The van der Waals surface area contributed by atoms with E-state index in [-0.39, 0.29) is 12.2 Å². The van der Waals surface area contributed by atoms with E-state index in [2.05, 4.69) is 28.6 Å². The Kier molecular flexibility index (Phi) is 11.1. The highest BCUT2D eigenvalue weighted by Crippen LogP contribution is 2.04. The van der Waals surface area contributed by atoms with Gasteiger partial charge in [-0.3, -0.25) is 14.4 Å². The minimum Gasteiger partial charge on any atom is -0.480 e. The summed E-state index contributed by atoms with van der Waals surface area (Å²) in [6.07, 6.45) is -2.58. The predicted octanol–water partition coefficient (Wildman–Crippen LogP) is -2.21. The molecule has 0 aliphatic heterocycles. The quantitative estimate of drug-likeness (QED) is 0.158. The molecule has 12 heteroatoms. The zero-order valence-electron chi connectivity index (χ0n) is 17.8. The number of benzene rings is 1. The number of nitrogens with one attached hydrogen (secondary N) is 3. The van der Waals surface area contributed by atoms with Gasteiger partial charge in [0.05, 0.1) is 18.2 Å². The summed E-state index contributed by atoms with van der Waals surface area (Å²) in [6.45, 7) is 2.38. The minimum absolute atomic E-state index is 0.130. The van der Waals surface area contributed by atoms with Crippen molar-refractivity contribution >= 4 is 36.3 Å². The van der Waals surface area contributed by atoms with Crippen LogP contribution < -0.4 is 21.7 Å². The molecule has 0 aliphatic rings. The van der Waals surface area contributed by atoms with E-state index in [9.17, 15) is 29.4 Å². The van der Waals surface area contributed by atoms with E-state index < -0.39 is 60.1 Å². The first-order valence-electron chi connectivity index (χ1n) is 9.88. The number of nitrogens with two attached hydrogens (primary N) is 1. The number of carbonyl (C=O) groups is 4. The van der Waals surface area contributed by atoms with Crippen LogP contribution in [0, 0.1) is 0 Å². The molecule has 1 aromatic carbocycles. The summed E-state index contributed by atoms with van der Waals surface area (Å²) in [5.74, 6) is -4.08. The second kappa shape index (κ2) is 13.0. The van der Waals surface area contributed by atoms with E-state index in [0.717, 1.165) is 5.56 Å². The van der Waals surface area contributed by atoms with Crippen LogP contribution in [-0.4, -0.2) is 81.1 Å². The molecule has 32 heavy (non-hydrogen) atoms. The van der Waals surface area contributed by atoms with Gasteiger partial charge < -0.3 is 37.0 Å². The van der Waals surface area contributed by atoms with Crippen LogP contribution in [0.2, 0.25) is 0 Å². The van der Waals surface area contributed by atoms with Gasteiger partial charge in [0.2, 0.25) is 17.7 Å². The topological polar surface area (TPSA) is 191 Å². The Morgan fingerprint density at radius 1 is 0.906 bits per heavy atom. The molecule has 0 fully saturated rings. The largest absolute Gasteiger partial charge is 0.480 e. The summed E-state index contributed by atoms with van der Waals surface area (Å²) < 4.78 is 0. The average Bonchev–Trinajstić information content (AvgIpc) is 2.73. The van der Waals surface area contributed by atoms with Crippen molar-refractivity contribution in [2.45, 2.75) is 56.6 Å². The zero-order chi connectivity index (χ0) is 24.4. The molecule has 0 spiro atoms. The third kappa shape index (κ3) is 8.46. The summed E-state index contributed by atoms with van der Waals surface area (Å²) in [5.41, 5.74) is 6.74. The summed E-state index contributed by atoms with van der Waals surface area (Å²) in [6, 6.07) is 3.75. The number of aliphatic hydroxyl groups is 2.